The van der Waals surface area contributed by atoms with Gasteiger partial charge in [-0.15, -0.1) is 10.2 Å². The molecule has 6 nitrogen and oxygen atoms in total. The molecule has 0 unspecified atom stereocenters. The van der Waals surface area contributed by atoms with Gasteiger partial charge in [-0.3, -0.25) is 4.79 Å². The Morgan fingerprint density at radius 1 is 0.964 bits per heavy atom. The van der Waals surface area contributed by atoms with E-state index in [4.69, 9.17) is 9.47 Å². The fourth-order valence-corrected chi connectivity index (χ4v) is 2.63. The van der Waals surface area contributed by atoms with E-state index in [1.807, 2.05) is 50.2 Å². The third kappa shape index (κ3) is 5.07. The summed E-state index contributed by atoms with van der Waals surface area (Å²) in [5.41, 5.74) is 3.49. The van der Waals surface area contributed by atoms with E-state index in [9.17, 15) is 4.79 Å². The van der Waals surface area contributed by atoms with Gasteiger partial charge in [0, 0.05) is 11.6 Å². The van der Waals surface area contributed by atoms with E-state index < -0.39 is 0 Å². The number of benzene rings is 2. The zero-order valence-electron chi connectivity index (χ0n) is 16.0. The van der Waals surface area contributed by atoms with Crippen LogP contribution in [0.4, 0.5) is 0 Å². The van der Waals surface area contributed by atoms with Crippen molar-refractivity contribution in [3.8, 4) is 22.9 Å². The zero-order chi connectivity index (χ0) is 19.8. The molecule has 0 aliphatic heterocycles. The highest BCUT2D eigenvalue weighted by atomic mass is 16.5. The molecule has 6 heteroatoms. The molecule has 144 valence electrons. The van der Waals surface area contributed by atoms with Crippen LogP contribution in [0.2, 0.25) is 0 Å². The number of hydrogen-bond donors (Lipinski definition) is 1. The quantitative estimate of drug-likeness (QED) is 0.607. The van der Waals surface area contributed by atoms with Crippen LogP contribution < -0.4 is 14.8 Å². The number of para-hydroxylation sites is 1. The zero-order valence-corrected chi connectivity index (χ0v) is 16.0. The summed E-state index contributed by atoms with van der Waals surface area (Å²) < 4.78 is 11.0. The van der Waals surface area contributed by atoms with E-state index in [2.05, 4.69) is 15.5 Å². The number of carbonyl (C=O) groups excluding carboxylic acids is 1. The van der Waals surface area contributed by atoms with Crippen LogP contribution in [0.1, 0.15) is 22.8 Å². The van der Waals surface area contributed by atoms with Gasteiger partial charge in [0.05, 0.1) is 24.4 Å². The molecular weight excluding hydrogens is 354 g/mol. The van der Waals surface area contributed by atoms with Crippen molar-refractivity contribution in [3.05, 3.63) is 71.8 Å². The van der Waals surface area contributed by atoms with Crippen molar-refractivity contribution in [1.29, 1.82) is 0 Å². The average molecular weight is 377 g/mol. The minimum atomic E-state index is -0.201. The molecule has 1 N–H and O–H groups in total. The fraction of sp³-hybridized carbons (Fsp3) is 0.227. The Balaban J connectivity index is 1.49. The molecule has 0 fully saturated rings. The summed E-state index contributed by atoms with van der Waals surface area (Å²) in [5.74, 6) is 0.786. The molecule has 2 aromatic carbocycles. The first-order valence-electron chi connectivity index (χ1n) is 9.21. The highest BCUT2D eigenvalue weighted by Gasteiger charge is 2.11. The fourth-order valence-electron chi connectivity index (χ4n) is 2.63. The Hall–Kier alpha value is -3.41. The molecule has 28 heavy (non-hydrogen) atoms. The lowest BCUT2D eigenvalue weighted by molar-refractivity contribution is 0.0942. The summed E-state index contributed by atoms with van der Waals surface area (Å²) in [6.07, 6.45) is 0. The molecule has 0 saturated heterocycles. The van der Waals surface area contributed by atoms with Gasteiger partial charge in [0.1, 0.15) is 12.4 Å². The molecule has 0 atom stereocenters. The van der Waals surface area contributed by atoms with Crippen LogP contribution in [-0.2, 0) is 0 Å². The first-order valence-corrected chi connectivity index (χ1v) is 9.21. The number of nitrogens with one attached hydrogen (secondary N) is 1. The van der Waals surface area contributed by atoms with E-state index in [-0.39, 0.29) is 5.91 Å². The molecule has 0 spiro atoms. The smallest absolute Gasteiger partial charge is 0.255 e. The first kappa shape index (κ1) is 19.4. The van der Waals surface area contributed by atoms with E-state index in [0.29, 0.717) is 37.0 Å². The van der Waals surface area contributed by atoms with Crippen molar-refractivity contribution in [2.45, 2.75) is 13.8 Å². The number of carbonyl (C=O) groups is 1. The number of hydrogen-bond acceptors (Lipinski definition) is 5. The Labute approximate surface area is 164 Å². The van der Waals surface area contributed by atoms with Crippen molar-refractivity contribution in [2.75, 3.05) is 19.8 Å². The monoisotopic (exact) mass is 377 g/mol. The predicted octanol–water partition coefficient (Wildman–Crippen LogP) is 3.66. The van der Waals surface area contributed by atoms with E-state index in [0.717, 1.165) is 11.3 Å². The summed E-state index contributed by atoms with van der Waals surface area (Å²) in [4.78, 5) is 12.3. The van der Waals surface area contributed by atoms with Crippen LogP contribution in [0.15, 0.2) is 60.7 Å². The van der Waals surface area contributed by atoms with Gasteiger partial charge in [0.15, 0.2) is 0 Å². The van der Waals surface area contributed by atoms with Gasteiger partial charge in [-0.25, -0.2) is 0 Å². The maximum absolute atomic E-state index is 12.3. The number of rotatable bonds is 8. The molecule has 1 heterocycles. The predicted molar refractivity (Wildman–Crippen MR) is 108 cm³/mol. The SMILES string of the molecule is CCOc1ccccc1C(=O)NCCOc1ccc(-c2ccc(C)cc2)nn1. The summed E-state index contributed by atoms with van der Waals surface area (Å²) in [5, 5.41) is 11.1. The third-order valence-electron chi connectivity index (χ3n) is 4.06. The number of ether oxygens (including phenoxy) is 2. The second-order valence-corrected chi connectivity index (χ2v) is 6.16. The van der Waals surface area contributed by atoms with E-state index in [1.54, 1.807) is 24.3 Å². The van der Waals surface area contributed by atoms with Gasteiger partial charge in [-0.1, -0.05) is 42.0 Å². The maximum Gasteiger partial charge on any atom is 0.255 e. The first-order chi connectivity index (χ1) is 13.7. The van der Waals surface area contributed by atoms with Crippen molar-refractivity contribution in [3.63, 3.8) is 0 Å². The summed E-state index contributed by atoms with van der Waals surface area (Å²) >= 11 is 0. The second-order valence-electron chi connectivity index (χ2n) is 6.16. The summed E-state index contributed by atoms with van der Waals surface area (Å²) in [6.45, 7) is 5.07. The Morgan fingerprint density at radius 2 is 1.75 bits per heavy atom. The highest BCUT2D eigenvalue weighted by molar-refractivity contribution is 5.96. The van der Waals surface area contributed by atoms with Crippen LogP contribution in [0.5, 0.6) is 11.6 Å². The molecule has 0 aliphatic carbocycles. The minimum absolute atomic E-state index is 0.201. The van der Waals surface area contributed by atoms with Crippen LogP contribution in [0.3, 0.4) is 0 Å². The molecule has 1 aromatic heterocycles. The standard InChI is InChI=1S/C22H23N3O3/c1-3-27-20-7-5-4-6-18(20)22(26)23-14-15-28-21-13-12-19(24-25-21)17-10-8-16(2)9-11-17/h4-13H,3,14-15H2,1-2H3,(H,23,26). The van der Waals surface area contributed by atoms with Crippen LogP contribution in [0.25, 0.3) is 11.3 Å². The Bertz CT molecular complexity index is 909. The van der Waals surface area contributed by atoms with Crippen LogP contribution in [0, 0.1) is 6.92 Å². The second kappa shape index (κ2) is 9.50. The minimum Gasteiger partial charge on any atom is -0.493 e. The largest absolute Gasteiger partial charge is 0.493 e. The maximum atomic E-state index is 12.3. The van der Waals surface area contributed by atoms with E-state index in [1.165, 1.54) is 5.56 Å². The number of nitrogens with zero attached hydrogens (tertiary/aromatic N) is 2. The lowest BCUT2D eigenvalue weighted by Gasteiger charge is -2.10. The molecular formula is C22H23N3O3. The Morgan fingerprint density at radius 3 is 2.46 bits per heavy atom. The van der Waals surface area contributed by atoms with Gasteiger partial charge in [-0.05, 0) is 32.0 Å². The van der Waals surface area contributed by atoms with Crippen LogP contribution in [-0.4, -0.2) is 35.9 Å². The van der Waals surface area contributed by atoms with Gasteiger partial charge in [-0.2, -0.15) is 0 Å². The Kier molecular flexibility index (Phi) is 6.57. The van der Waals surface area contributed by atoms with Gasteiger partial charge >= 0.3 is 0 Å². The molecule has 3 rings (SSSR count). The third-order valence-corrected chi connectivity index (χ3v) is 4.06. The lowest BCUT2D eigenvalue weighted by Crippen LogP contribution is -2.28. The number of aromatic nitrogens is 2. The molecule has 0 bridgehead atoms. The lowest BCUT2D eigenvalue weighted by atomic mass is 10.1. The summed E-state index contributed by atoms with van der Waals surface area (Å²) in [6, 6.07) is 18.9. The van der Waals surface area contributed by atoms with E-state index >= 15 is 0 Å². The molecule has 0 saturated carbocycles. The number of amides is 1. The topological polar surface area (TPSA) is 73.3 Å². The van der Waals surface area contributed by atoms with Crippen molar-refractivity contribution in [1.82, 2.24) is 15.5 Å². The molecule has 0 aliphatic rings. The van der Waals surface area contributed by atoms with Crippen molar-refractivity contribution < 1.29 is 14.3 Å². The van der Waals surface area contributed by atoms with Gasteiger partial charge in [0.25, 0.3) is 5.91 Å². The molecule has 3 aromatic rings. The van der Waals surface area contributed by atoms with Gasteiger partial charge < -0.3 is 14.8 Å². The summed E-state index contributed by atoms with van der Waals surface area (Å²) in [7, 11) is 0. The van der Waals surface area contributed by atoms with Crippen molar-refractivity contribution >= 4 is 5.91 Å². The molecule has 0 radical (unpaired) electrons. The van der Waals surface area contributed by atoms with Crippen molar-refractivity contribution in [2.24, 2.45) is 0 Å². The van der Waals surface area contributed by atoms with Gasteiger partial charge in [0.2, 0.25) is 5.88 Å². The normalized spacial score (nSPS) is 10.4. The highest BCUT2D eigenvalue weighted by Crippen LogP contribution is 2.19. The van der Waals surface area contributed by atoms with Crippen LogP contribution >= 0.6 is 0 Å². The average Bonchev–Trinajstić information content (AvgIpc) is 2.73. The molecule has 1 amide bonds. The number of aryl methyl sites for hydroxylation is 1.